The number of halogens is 1. The zero-order valence-electron chi connectivity index (χ0n) is 13.0. The van der Waals surface area contributed by atoms with E-state index in [9.17, 15) is 9.59 Å². The summed E-state index contributed by atoms with van der Waals surface area (Å²) in [5.41, 5.74) is 0.878. The number of nitrogens with zero attached hydrogens (tertiary/aromatic N) is 1. The minimum absolute atomic E-state index is 0.0402. The quantitative estimate of drug-likeness (QED) is 0.894. The Morgan fingerprint density at radius 1 is 1.39 bits per heavy atom. The average Bonchev–Trinajstić information content (AvgIpc) is 3.17. The van der Waals surface area contributed by atoms with E-state index in [1.807, 2.05) is 18.2 Å². The molecule has 2 aliphatic rings. The van der Waals surface area contributed by atoms with Crippen molar-refractivity contribution in [3.05, 3.63) is 34.9 Å². The molecule has 124 valence electrons. The maximum atomic E-state index is 12.3. The molecule has 0 bridgehead atoms. The van der Waals surface area contributed by atoms with Crippen LogP contribution in [0.5, 0.6) is 0 Å². The second-order valence-corrected chi connectivity index (χ2v) is 6.55. The van der Waals surface area contributed by atoms with Gasteiger partial charge >= 0.3 is 0 Å². The summed E-state index contributed by atoms with van der Waals surface area (Å²) in [6, 6.07) is 7.42. The Hall–Kier alpha value is -1.59. The molecule has 2 fully saturated rings. The lowest BCUT2D eigenvalue weighted by Gasteiger charge is -2.20. The minimum atomic E-state index is -0.286. The Labute approximate surface area is 140 Å². The van der Waals surface area contributed by atoms with Gasteiger partial charge in [0, 0.05) is 37.7 Å². The second kappa shape index (κ2) is 7.32. The number of hydrogen-bond donors (Lipinski definition) is 1. The Balaban J connectivity index is 1.50. The maximum Gasteiger partial charge on any atom is 0.225 e. The monoisotopic (exact) mass is 336 g/mol. The highest BCUT2D eigenvalue weighted by Crippen LogP contribution is 2.22. The van der Waals surface area contributed by atoms with E-state index in [0.717, 1.165) is 25.0 Å². The van der Waals surface area contributed by atoms with E-state index in [0.29, 0.717) is 24.7 Å². The number of carbonyl (C=O) groups excluding carboxylic acids is 2. The van der Waals surface area contributed by atoms with Crippen molar-refractivity contribution in [2.24, 2.45) is 5.92 Å². The number of nitrogens with one attached hydrogen (secondary N) is 1. The van der Waals surface area contributed by atoms with Crippen LogP contribution in [0.2, 0.25) is 5.02 Å². The van der Waals surface area contributed by atoms with E-state index in [2.05, 4.69) is 5.32 Å². The molecule has 23 heavy (non-hydrogen) atoms. The summed E-state index contributed by atoms with van der Waals surface area (Å²) in [6.45, 7) is 2.24. The van der Waals surface area contributed by atoms with Crippen LogP contribution in [0.1, 0.15) is 24.8 Å². The molecular weight excluding hydrogens is 316 g/mol. The molecule has 0 spiro atoms. The summed E-state index contributed by atoms with van der Waals surface area (Å²) < 4.78 is 5.57. The van der Waals surface area contributed by atoms with Crippen LogP contribution in [-0.2, 0) is 20.9 Å². The number of amides is 2. The number of hydrogen-bond acceptors (Lipinski definition) is 3. The first-order valence-electron chi connectivity index (χ1n) is 8.04. The number of rotatable bonds is 5. The zero-order chi connectivity index (χ0) is 16.2. The first-order chi connectivity index (χ1) is 11.1. The van der Waals surface area contributed by atoms with E-state index in [-0.39, 0.29) is 30.3 Å². The molecule has 2 aliphatic heterocycles. The molecule has 2 saturated heterocycles. The molecule has 2 unspecified atom stereocenters. The van der Waals surface area contributed by atoms with Gasteiger partial charge in [-0.05, 0) is 24.5 Å². The highest BCUT2D eigenvalue weighted by Gasteiger charge is 2.35. The molecule has 0 aromatic heterocycles. The molecule has 6 heteroatoms. The number of likely N-dealkylation sites (tertiary alicyclic amines) is 1. The van der Waals surface area contributed by atoms with Gasteiger partial charge in [-0.1, -0.05) is 29.8 Å². The standard InChI is InChI=1S/C17H21ClN2O3/c18-15-6-2-1-4-12(15)9-19-17(22)13-8-16(21)20(10-13)11-14-5-3-7-23-14/h1-2,4,6,13-14H,3,5,7-11H2,(H,19,22). The average molecular weight is 337 g/mol. The minimum Gasteiger partial charge on any atom is -0.376 e. The Morgan fingerprint density at radius 3 is 2.96 bits per heavy atom. The smallest absolute Gasteiger partial charge is 0.225 e. The van der Waals surface area contributed by atoms with E-state index >= 15 is 0 Å². The van der Waals surface area contributed by atoms with Crippen molar-refractivity contribution in [1.29, 1.82) is 0 Å². The third kappa shape index (κ3) is 4.03. The lowest BCUT2D eigenvalue weighted by atomic mass is 10.1. The first-order valence-corrected chi connectivity index (χ1v) is 8.42. The van der Waals surface area contributed by atoms with E-state index < -0.39 is 0 Å². The van der Waals surface area contributed by atoms with Crippen LogP contribution in [-0.4, -0.2) is 42.5 Å². The number of benzene rings is 1. The van der Waals surface area contributed by atoms with Gasteiger partial charge < -0.3 is 15.0 Å². The van der Waals surface area contributed by atoms with Gasteiger partial charge in [-0.25, -0.2) is 0 Å². The number of ether oxygens (including phenoxy) is 1. The summed E-state index contributed by atoms with van der Waals surface area (Å²) in [7, 11) is 0. The van der Waals surface area contributed by atoms with Crippen molar-refractivity contribution in [1.82, 2.24) is 10.2 Å². The van der Waals surface area contributed by atoms with Gasteiger partial charge in [0.1, 0.15) is 0 Å². The molecule has 2 heterocycles. The summed E-state index contributed by atoms with van der Waals surface area (Å²) >= 11 is 6.08. The molecule has 3 rings (SSSR count). The normalized spacial score (nSPS) is 24.2. The Morgan fingerprint density at radius 2 is 2.22 bits per heavy atom. The SMILES string of the molecule is O=C(NCc1ccccc1Cl)C1CC(=O)N(CC2CCCO2)C1. The molecule has 1 aromatic rings. The number of carbonyl (C=O) groups is 2. The third-order valence-electron chi connectivity index (χ3n) is 4.44. The summed E-state index contributed by atoms with van der Waals surface area (Å²) in [6.07, 6.45) is 2.45. The van der Waals surface area contributed by atoms with E-state index in [1.54, 1.807) is 11.0 Å². The van der Waals surface area contributed by atoms with Crippen LogP contribution in [0.3, 0.4) is 0 Å². The van der Waals surface area contributed by atoms with Gasteiger partial charge in [0.25, 0.3) is 0 Å². The van der Waals surface area contributed by atoms with Crippen LogP contribution in [0, 0.1) is 5.92 Å². The van der Waals surface area contributed by atoms with Crippen LogP contribution in [0.25, 0.3) is 0 Å². The van der Waals surface area contributed by atoms with Crippen LogP contribution in [0.4, 0.5) is 0 Å². The van der Waals surface area contributed by atoms with Crippen molar-refractivity contribution in [2.75, 3.05) is 19.7 Å². The van der Waals surface area contributed by atoms with Crippen molar-refractivity contribution in [2.45, 2.75) is 31.9 Å². The highest BCUT2D eigenvalue weighted by molar-refractivity contribution is 6.31. The first kappa shape index (κ1) is 16.3. The molecule has 0 saturated carbocycles. The molecule has 1 aromatic carbocycles. The van der Waals surface area contributed by atoms with Crippen LogP contribution < -0.4 is 5.32 Å². The van der Waals surface area contributed by atoms with E-state index in [1.165, 1.54) is 0 Å². The topological polar surface area (TPSA) is 58.6 Å². The van der Waals surface area contributed by atoms with Gasteiger partial charge in [0.05, 0.1) is 12.0 Å². The summed E-state index contributed by atoms with van der Waals surface area (Å²) in [5.74, 6) is -0.335. The van der Waals surface area contributed by atoms with E-state index in [4.69, 9.17) is 16.3 Å². The van der Waals surface area contributed by atoms with Crippen molar-refractivity contribution < 1.29 is 14.3 Å². The zero-order valence-corrected chi connectivity index (χ0v) is 13.7. The predicted molar refractivity (Wildman–Crippen MR) is 87.0 cm³/mol. The largest absolute Gasteiger partial charge is 0.376 e. The molecular formula is C17H21ClN2O3. The van der Waals surface area contributed by atoms with Gasteiger partial charge in [0.15, 0.2) is 0 Å². The lowest BCUT2D eigenvalue weighted by molar-refractivity contribution is -0.129. The second-order valence-electron chi connectivity index (χ2n) is 6.14. The van der Waals surface area contributed by atoms with Gasteiger partial charge in [-0.15, -0.1) is 0 Å². The van der Waals surface area contributed by atoms with Gasteiger partial charge in [-0.2, -0.15) is 0 Å². The van der Waals surface area contributed by atoms with Crippen LogP contribution >= 0.6 is 11.6 Å². The fourth-order valence-corrected chi connectivity index (χ4v) is 3.33. The summed E-state index contributed by atoms with van der Waals surface area (Å²) in [5, 5.41) is 3.52. The van der Waals surface area contributed by atoms with Crippen LogP contribution in [0.15, 0.2) is 24.3 Å². The Kier molecular flexibility index (Phi) is 5.18. The van der Waals surface area contributed by atoms with Gasteiger partial charge in [-0.3, -0.25) is 9.59 Å². The fourth-order valence-electron chi connectivity index (χ4n) is 3.13. The molecule has 0 radical (unpaired) electrons. The predicted octanol–water partition coefficient (Wildman–Crippen LogP) is 1.98. The maximum absolute atomic E-state index is 12.3. The highest BCUT2D eigenvalue weighted by atomic mass is 35.5. The van der Waals surface area contributed by atoms with Gasteiger partial charge in [0.2, 0.25) is 11.8 Å². The molecule has 0 aliphatic carbocycles. The Bertz CT molecular complexity index is 587. The third-order valence-corrected chi connectivity index (χ3v) is 4.81. The molecule has 2 amide bonds. The summed E-state index contributed by atoms with van der Waals surface area (Å²) in [4.78, 5) is 26.1. The van der Waals surface area contributed by atoms with Crippen molar-refractivity contribution in [3.63, 3.8) is 0 Å². The molecule has 5 nitrogen and oxygen atoms in total. The van der Waals surface area contributed by atoms with Crippen molar-refractivity contribution >= 4 is 23.4 Å². The molecule has 1 N–H and O–H groups in total. The lowest BCUT2D eigenvalue weighted by Crippen LogP contribution is -2.35. The fraction of sp³-hybridized carbons (Fsp3) is 0.529. The molecule has 2 atom stereocenters. The van der Waals surface area contributed by atoms with Crippen molar-refractivity contribution in [3.8, 4) is 0 Å².